The van der Waals surface area contributed by atoms with Gasteiger partial charge in [-0.15, -0.1) is 5.10 Å². The second-order valence-corrected chi connectivity index (χ2v) is 3.05. The fourth-order valence-electron chi connectivity index (χ4n) is 1.30. The van der Waals surface area contributed by atoms with Gasteiger partial charge >= 0.3 is 0 Å². The van der Waals surface area contributed by atoms with E-state index in [1.54, 1.807) is 17.8 Å². The lowest BCUT2D eigenvalue weighted by Gasteiger charge is -2.01. The molecule has 0 aromatic carbocycles. The van der Waals surface area contributed by atoms with E-state index in [0.717, 1.165) is 11.3 Å². The Balaban J connectivity index is 2.57. The van der Waals surface area contributed by atoms with Gasteiger partial charge in [0.05, 0.1) is 0 Å². The third-order valence-electron chi connectivity index (χ3n) is 1.85. The molecule has 0 amide bonds. The molecule has 2 N–H and O–H groups in total. The van der Waals surface area contributed by atoms with E-state index in [-0.39, 0.29) is 0 Å². The lowest BCUT2D eigenvalue weighted by molar-refractivity contribution is 0.714. The molecule has 0 saturated carbocycles. The smallest absolute Gasteiger partial charge is 0.181 e. The van der Waals surface area contributed by atoms with Crippen LogP contribution in [0.15, 0.2) is 12.1 Å². The summed E-state index contributed by atoms with van der Waals surface area (Å²) in [5, 5.41) is 11.2. The van der Waals surface area contributed by atoms with Crippen LogP contribution in [0.5, 0.6) is 0 Å². The number of anilines is 1. The summed E-state index contributed by atoms with van der Waals surface area (Å²) in [6.07, 6.45) is 0. The van der Waals surface area contributed by atoms with Gasteiger partial charge in [0.25, 0.3) is 0 Å². The van der Waals surface area contributed by atoms with Gasteiger partial charge < -0.3 is 5.73 Å². The maximum Gasteiger partial charge on any atom is 0.181 e. The molecule has 0 unspecified atom stereocenters. The Labute approximate surface area is 80.8 Å². The minimum atomic E-state index is 0.475. The van der Waals surface area contributed by atoms with Crippen molar-refractivity contribution in [1.29, 1.82) is 0 Å². The summed E-state index contributed by atoms with van der Waals surface area (Å²) in [6.45, 7) is 1.88. The highest BCUT2D eigenvalue weighted by Crippen LogP contribution is 2.17. The van der Waals surface area contributed by atoms with Crippen LogP contribution in [0.1, 0.15) is 5.69 Å². The SMILES string of the molecule is Cc1cc(-c2nnnn2C)cc(N)n1. The summed E-state index contributed by atoms with van der Waals surface area (Å²) < 4.78 is 1.59. The first kappa shape index (κ1) is 8.61. The first-order valence-electron chi connectivity index (χ1n) is 4.14. The van der Waals surface area contributed by atoms with Crippen molar-refractivity contribution < 1.29 is 0 Å². The van der Waals surface area contributed by atoms with Gasteiger partial charge in [0.1, 0.15) is 5.82 Å². The maximum atomic E-state index is 5.63. The van der Waals surface area contributed by atoms with Crippen LogP contribution in [0, 0.1) is 6.92 Å². The molecule has 2 aromatic rings. The zero-order valence-electron chi connectivity index (χ0n) is 7.97. The van der Waals surface area contributed by atoms with Gasteiger partial charge in [0.15, 0.2) is 5.82 Å². The molecule has 0 aliphatic heterocycles. The van der Waals surface area contributed by atoms with Crippen molar-refractivity contribution in [1.82, 2.24) is 25.2 Å². The van der Waals surface area contributed by atoms with E-state index < -0.39 is 0 Å². The van der Waals surface area contributed by atoms with Gasteiger partial charge in [-0.2, -0.15) is 0 Å². The Morgan fingerprint density at radius 2 is 2.14 bits per heavy atom. The largest absolute Gasteiger partial charge is 0.384 e. The number of nitrogens with zero attached hydrogens (tertiary/aromatic N) is 5. The number of rotatable bonds is 1. The molecular weight excluding hydrogens is 180 g/mol. The van der Waals surface area contributed by atoms with Crippen molar-refractivity contribution in [3.63, 3.8) is 0 Å². The van der Waals surface area contributed by atoms with Crippen LogP contribution in [0.25, 0.3) is 11.4 Å². The third-order valence-corrected chi connectivity index (χ3v) is 1.85. The highest BCUT2D eigenvalue weighted by Gasteiger charge is 2.06. The highest BCUT2D eigenvalue weighted by atomic mass is 15.5. The monoisotopic (exact) mass is 190 g/mol. The Kier molecular flexibility index (Phi) is 1.88. The van der Waals surface area contributed by atoms with E-state index >= 15 is 0 Å². The van der Waals surface area contributed by atoms with Crippen LogP contribution >= 0.6 is 0 Å². The van der Waals surface area contributed by atoms with E-state index in [0.29, 0.717) is 11.6 Å². The van der Waals surface area contributed by atoms with E-state index in [1.165, 1.54) is 0 Å². The molecule has 2 aromatic heterocycles. The lowest BCUT2D eigenvalue weighted by Crippen LogP contribution is -1.98. The average molecular weight is 190 g/mol. The predicted octanol–water partition coefficient (Wildman–Crippen LogP) is 0.163. The number of tetrazole rings is 1. The number of aryl methyl sites for hydroxylation is 2. The molecule has 0 fully saturated rings. The second-order valence-electron chi connectivity index (χ2n) is 3.05. The Hall–Kier alpha value is -1.98. The summed E-state index contributed by atoms with van der Waals surface area (Å²) in [5.74, 6) is 1.16. The number of pyridine rings is 1. The minimum absolute atomic E-state index is 0.475. The highest BCUT2D eigenvalue weighted by molar-refractivity contribution is 5.59. The van der Waals surface area contributed by atoms with Crippen LogP contribution in [-0.2, 0) is 7.05 Å². The van der Waals surface area contributed by atoms with E-state index in [9.17, 15) is 0 Å². The predicted molar refractivity (Wildman–Crippen MR) is 51.2 cm³/mol. The molecule has 0 radical (unpaired) electrons. The standard InChI is InChI=1S/C8H10N6/c1-5-3-6(4-7(9)10-5)8-11-12-13-14(8)2/h3-4H,1-2H3,(H2,9,10). The van der Waals surface area contributed by atoms with E-state index in [1.807, 2.05) is 13.0 Å². The van der Waals surface area contributed by atoms with Crippen LogP contribution in [0.4, 0.5) is 5.82 Å². The van der Waals surface area contributed by atoms with Gasteiger partial charge in [-0.1, -0.05) is 0 Å². The Bertz CT molecular complexity index is 440. The molecule has 0 saturated heterocycles. The maximum absolute atomic E-state index is 5.63. The molecule has 6 heteroatoms. The number of hydrogen-bond donors (Lipinski definition) is 1. The molecule has 6 nitrogen and oxygen atoms in total. The zero-order valence-corrected chi connectivity index (χ0v) is 7.97. The van der Waals surface area contributed by atoms with Gasteiger partial charge in [-0.25, -0.2) is 9.67 Å². The first-order valence-corrected chi connectivity index (χ1v) is 4.14. The van der Waals surface area contributed by atoms with Crippen LogP contribution < -0.4 is 5.73 Å². The molecule has 2 heterocycles. The van der Waals surface area contributed by atoms with Crippen LogP contribution in [0.2, 0.25) is 0 Å². The first-order chi connectivity index (χ1) is 6.66. The fourth-order valence-corrected chi connectivity index (χ4v) is 1.30. The summed E-state index contributed by atoms with van der Waals surface area (Å²) in [7, 11) is 1.78. The van der Waals surface area contributed by atoms with Crippen molar-refractivity contribution in [2.45, 2.75) is 6.92 Å². The summed E-state index contributed by atoms with van der Waals surface area (Å²) in [4.78, 5) is 4.07. The third kappa shape index (κ3) is 1.41. The van der Waals surface area contributed by atoms with Crippen molar-refractivity contribution in [3.05, 3.63) is 17.8 Å². The number of aromatic nitrogens is 5. The second kappa shape index (κ2) is 3.06. The topological polar surface area (TPSA) is 82.5 Å². The summed E-state index contributed by atoms with van der Waals surface area (Å²) >= 11 is 0. The molecule has 0 atom stereocenters. The molecule has 0 aliphatic rings. The van der Waals surface area contributed by atoms with Crippen LogP contribution in [-0.4, -0.2) is 25.2 Å². The minimum Gasteiger partial charge on any atom is -0.384 e. The fraction of sp³-hybridized carbons (Fsp3) is 0.250. The molecule has 0 spiro atoms. The molecular formula is C8H10N6. The zero-order chi connectivity index (χ0) is 10.1. The van der Waals surface area contributed by atoms with Gasteiger partial charge in [0.2, 0.25) is 0 Å². The lowest BCUT2D eigenvalue weighted by atomic mass is 10.2. The number of hydrogen-bond acceptors (Lipinski definition) is 5. The molecule has 0 aliphatic carbocycles. The number of nitrogen functional groups attached to an aromatic ring is 1. The van der Waals surface area contributed by atoms with E-state index in [4.69, 9.17) is 5.73 Å². The summed E-state index contributed by atoms with van der Waals surface area (Å²) in [5.41, 5.74) is 7.35. The normalized spacial score (nSPS) is 10.4. The van der Waals surface area contributed by atoms with Crippen LogP contribution in [0.3, 0.4) is 0 Å². The number of nitrogens with two attached hydrogens (primary N) is 1. The van der Waals surface area contributed by atoms with Gasteiger partial charge in [-0.3, -0.25) is 0 Å². The van der Waals surface area contributed by atoms with Crippen molar-refractivity contribution in [2.75, 3.05) is 5.73 Å². The molecule has 72 valence electrons. The van der Waals surface area contributed by atoms with Gasteiger partial charge in [-0.05, 0) is 29.5 Å². The Morgan fingerprint density at radius 1 is 1.36 bits per heavy atom. The average Bonchev–Trinajstić information content (AvgIpc) is 2.49. The van der Waals surface area contributed by atoms with Crippen molar-refractivity contribution in [3.8, 4) is 11.4 Å². The van der Waals surface area contributed by atoms with Crippen molar-refractivity contribution in [2.24, 2.45) is 7.05 Å². The Morgan fingerprint density at radius 3 is 2.71 bits per heavy atom. The van der Waals surface area contributed by atoms with Gasteiger partial charge in [0, 0.05) is 18.3 Å². The quantitative estimate of drug-likeness (QED) is 0.692. The molecule has 2 rings (SSSR count). The van der Waals surface area contributed by atoms with E-state index in [2.05, 4.69) is 20.5 Å². The molecule has 0 bridgehead atoms. The van der Waals surface area contributed by atoms with Crippen molar-refractivity contribution >= 4 is 5.82 Å². The molecule has 14 heavy (non-hydrogen) atoms. The summed E-state index contributed by atoms with van der Waals surface area (Å²) in [6, 6.07) is 3.64.